The van der Waals surface area contributed by atoms with Crippen LogP contribution in [0.25, 0.3) is 0 Å². The lowest BCUT2D eigenvalue weighted by atomic mass is 9.84. The minimum atomic E-state index is 0.0446. The topological polar surface area (TPSA) is 48.3 Å². The summed E-state index contributed by atoms with van der Waals surface area (Å²) in [4.78, 5) is 0. The van der Waals surface area contributed by atoms with Crippen molar-refractivity contribution in [1.82, 2.24) is 9.78 Å². The molecule has 1 atom stereocenters. The Morgan fingerprint density at radius 1 is 1.39 bits per heavy atom. The zero-order valence-electron chi connectivity index (χ0n) is 10.9. The Bertz CT molecular complexity index is 393. The summed E-state index contributed by atoms with van der Waals surface area (Å²) in [7, 11) is 1.94. The largest absolute Gasteiger partial charge is 0.381 e. The molecule has 1 aromatic rings. The van der Waals surface area contributed by atoms with E-state index in [-0.39, 0.29) is 5.60 Å². The first-order valence-electron chi connectivity index (χ1n) is 6.74. The molecular formula is C13H21N3O2. The van der Waals surface area contributed by atoms with Crippen LogP contribution < -0.4 is 5.32 Å². The van der Waals surface area contributed by atoms with Gasteiger partial charge in [0.25, 0.3) is 0 Å². The summed E-state index contributed by atoms with van der Waals surface area (Å²) in [5, 5.41) is 7.90. The molecule has 100 valence electrons. The zero-order chi connectivity index (χ0) is 12.4. The smallest absolute Gasteiger partial charge is 0.148 e. The Hall–Kier alpha value is -1.07. The molecule has 1 unspecified atom stereocenters. The predicted octanol–water partition coefficient (Wildman–Crippen LogP) is 1.56. The lowest BCUT2D eigenvalue weighted by Gasteiger charge is -2.43. The summed E-state index contributed by atoms with van der Waals surface area (Å²) in [6.07, 6.45) is 6.12. The number of anilines is 1. The lowest BCUT2D eigenvalue weighted by Crippen LogP contribution is -2.47. The number of ether oxygens (including phenoxy) is 2. The van der Waals surface area contributed by atoms with E-state index < -0.39 is 0 Å². The van der Waals surface area contributed by atoms with Crippen LogP contribution in [0.4, 0.5) is 5.82 Å². The van der Waals surface area contributed by atoms with Gasteiger partial charge < -0.3 is 14.8 Å². The Balaban J connectivity index is 1.63. The molecule has 5 nitrogen and oxygen atoms in total. The highest BCUT2D eigenvalue weighted by molar-refractivity contribution is 5.33. The average Bonchev–Trinajstić information content (AvgIpc) is 2.76. The Morgan fingerprint density at radius 3 is 2.94 bits per heavy atom. The van der Waals surface area contributed by atoms with Crippen LogP contribution in [-0.2, 0) is 16.5 Å². The molecule has 0 radical (unpaired) electrons. The van der Waals surface area contributed by atoms with Crippen molar-refractivity contribution < 1.29 is 9.47 Å². The number of nitrogens with zero attached hydrogens (tertiary/aromatic N) is 2. The fraction of sp³-hybridized carbons (Fsp3) is 0.769. The number of aryl methyl sites for hydroxylation is 1. The van der Waals surface area contributed by atoms with E-state index in [4.69, 9.17) is 9.47 Å². The molecule has 0 aromatic carbocycles. The second-order valence-electron chi connectivity index (χ2n) is 5.35. The summed E-state index contributed by atoms with van der Waals surface area (Å²) in [5.41, 5.74) is 0.0446. The second-order valence-corrected chi connectivity index (χ2v) is 5.35. The number of aromatic nitrogens is 2. The van der Waals surface area contributed by atoms with Crippen LogP contribution in [-0.4, -0.2) is 41.2 Å². The second kappa shape index (κ2) is 4.90. The van der Waals surface area contributed by atoms with Crippen LogP contribution >= 0.6 is 0 Å². The zero-order valence-corrected chi connectivity index (χ0v) is 10.9. The molecule has 2 saturated heterocycles. The van der Waals surface area contributed by atoms with Crippen LogP contribution in [0.5, 0.6) is 0 Å². The number of hydrogen-bond donors (Lipinski definition) is 1. The van der Waals surface area contributed by atoms with Crippen LogP contribution in [0.15, 0.2) is 12.3 Å². The first-order valence-corrected chi connectivity index (χ1v) is 6.74. The van der Waals surface area contributed by atoms with Crippen molar-refractivity contribution >= 4 is 5.82 Å². The normalized spacial score (nSPS) is 27.3. The highest BCUT2D eigenvalue weighted by atomic mass is 16.5. The van der Waals surface area contributed by atoms with Gasteiger partial charge in [-0.15, -0.1) is 0 Å². The van der Waals surface area contributed by atoms with E-state index in [0.717, 1.165) is 51.3 Å². The van der Waals surface area contributed by atoms with Gasteiger partial charge in [0, 0.05) is 45.2 Å². The Morgan fingerprint density at radius 2 is 2.22 bits per heavy atom. The van der Waals surface area contributed by atoms with Crippen molar-refractivity contribution in [3.05, 3.63) is 12.3 Å². The molecule has 18 heavy (non-hydrogen) atoms. The van der Waals surface area contributed by atoms with Gasteiger partial charge >= 0.3 is 0 Å². The standard InChI is InChI=1S/C13H21N3O2/c1-16-6-2-12(15-16)14-11-3-7-18-13(10-11)4-8-17-9-5-13/h2,6,11H,3-5,7-10H2,1H3,(H,14,15). The molecular weight excluding hydrogens is 230 g/mol. The molecule has 2 aliphatic rings. The van der Waals surface area contributed by atoms with Crippen molar-refractivity contribution in [2.45, 2.75) is 37.3 Å². The van der Waals surface area contributed by atoms with Gasteiger partial charge in [-0.1, -0.05) is 0 Å². The molecule has 0 saturated carbocycles. The fourth-order valence-electron chi connectivity index (χ4n) is 2.94. The van der Waals surface area contributed by atoms with Crippen LogP contribution in [0.2, 0.25) is 0 Å². The third-order valence-corrected chi connectivity index (χ3v) is 3.96. The third kappa shape index (κ3) is 2.52. The summed E-state index contributed by atoms with van der Waals surface area (Å²) in [5.74, 6) is 0.964. The average molecular weight is 251 g/mol. The maximum atomic E-state index is 6.03. The molecule has 0 bridgehead atoms. The molecule has 2 aliphatic heterocycles. The summed E-state index contributed by atoms with van der Waals surface area (Å²) in [6, 6.07) is 2.48. The number of rotatable bonds is 2. The van der Waals surface area contributed by atoms with E-state index in [1.54, 1.807) is 0 Å². The van der Waals surface area contributed by atoms with Gasteiger partial charge in [0.2, 0.25) is 0 Å². The van der Waals surface area contributed by atoms with E-state index >= 15 is 0 Å². The van der Waals surface area contributed by atoms with E-state index in [0.29, 0.717) is 6.04 Å². The monoisotopic (exact) mass is 251 g/mol. The molecule has 0 aliphatic carbocycles. The van der Waals surface area contributed by atoms with Crippen molar-refractivity contribution in [3.63, 3.8) is 0 Å². The van der Waals surface area contributed by atoms with E-state index in [9.17, 15) is 0 Å². The van der Waals surface area contributed by atoms with Crippen LogP contribution in [0.1, 0.15) is 25.7 Å². The maximum absolute atomic E-state index is 6.03. The fourth-order valence-corrected chi connectivity index (χ4v) is 2.94. The number of hydrogen-bond acceptors (Lipinski definition) is 4. The van der Waals surface area contributed by atoms with E-state index in [1.165, 1.54) is 0 Å². The van der Waals surface area contributed by atoms with Gasteiger partial charge in [0.05, 0.1) is 5.60 Å². The minimum absolute atomic E-state index is 0.0446. The third-order valence-electron chi connectivity index (χ3n) is 3.96. The molecule has 0 amide bonds. The van der Waals surface area contributed by atoms with Crippen LogP contribution in [0, 0.1) is 0 Å². The molecule has 1 N–H and O–H groups in total. The van der Waals surface area contributed by atoms with Crippen molar-refractivity contribution in [1.29, 1.82) is 0 Å². The SMILES string of the molecule is Cn1ccc(NC2CCOC3(CCOCC3)C2)n1. The van der Waals surface area contributed by atoms with E-state index in [2.05, 4.69) is 10.4 Å². The van der Waals surface area contributed by atoms with Gasteiger partial charge in [-0.2, -0.15) is 5.10 Å². The van der Waals surface area contributed by atoms with Gasteiger partial charge in [0.15, 0.2) is 0 Å². The van der Waals surface area contributed by atoms with E-state index in [1.807, 2.05) is 24.0 Å². The first-order chi connectivity index (χ1) is 8.76. The number of nitrogens with one attached hydrogen (secondary N) is 1. The Kier molecular flexibility index (Phi) is 3.26. The summed E-state index contributed by atoms with van der Waals surface area (Å²) < 4.78 is 13.3. The minimum Gasteiger partial charge on any atom is -0.381 e. The van der Waals surface area contributed by atoms with Gasteiger partial charge in [-0.3, -0.25) is 4.68 Å². The molecule has 1 aromatic heterocycles. The van der Waals surface area contributed by atoms with Crippen LogP contribution in [0.3, 0.4) is 0 Å². The lowest BCUT2D eigenvalue weighted by molar-refractivity contribution is -0.135. The highest BCUT2D eigenvalue weighted by Crippen LogP contribution is 2.35. The predicted molar refractivity (Wildman–Crippen MR) is 68.6 cm³/mol. The molecule has 5 heteroatoms. The molecule has 2 fully saturated rings. The summed E-state index contributed by atoms with van der Waals surface area (Å²) in [6.45, 7) is 2.50. The highest BCUT2D eigenvalue weighted by Gasteiger charge is 2.39. The van der Waals surface area contributed by atoms with Crippen molar-refractivity contribution in [2.75, 3.05) is 25.1 Å². The molecule has 3 rings (SSSR count). The van der Waals surface area contributed by atoms with Crippen molar-refractivity contribution in [2.24, 2.45) is 7.05 Å². The Labute approximate surface area is 107 Å². The summed E-state index contributed by atoms with van der Waals surface area (Å²) >= 11 is 0. The maximum Gasteiger partial charge on any atom is 0.148 e. The van der Waals surface area contributed by atoms with Gasteiger partial charge in [0.1, 0.15) is 5.82 Å². The quantitative estimate of drug-likeness (QED) is 0.866. The molecule has 1 spiro atoms. The first kappa shape index (κ1) is 12.0. The van der Waals surface area contributed by atoms with Gasteiger partial charge in [-0.05, 0) is 25.7 Å². The molecule has 3 heterocycles. The van der Waals surface area contributed by atoms with Gasteiger partial charge in [-0.25, -0.2) is 0 Å². The van der Waals surface area contributed by atoms with Crippen molar-refractivity contribution in [3.8, 4) is 0 Å².